The van der Waals surface area contributed by atoms with Crippen molar-refractivity contribution in [1.29, 1.82) is 0 Å². The van der Waals surface area contributed by atoms with E-state index in [1.54, 1.807) is 12.1 Å². The zero-order valence-corrected chi connectivity index (χ0v) is 15.4. The summed E-state index contributed by atoms with van der Waals surface area (Å²) in [7, 11) is 0. The summed E-state index contributed by atoms with van der Waals surface area (Å²) >= 11 is 0. The molecular formula is C23H21FN2O2. The molecule has 2 aliphatic heterocycles. The number of oxime groups is 1. The van der Waals surface area contributed by atoms with Crippen LogP contribution in [0.25, 0.3) is 0 Å². The fraction of sp³-hybridized carbons (Fsp3) is 0.304. The minimum atomic E-state index is -0.432. The monoisotopic (exact) mass is 376 g/mol. The van der Waals surface area contributed by atoms with Crippen LogP contribution in [0.3, 0.4) is 0 Å². The van der Waals surface area contributed by atoms with Crippen LogP contribution in [-0.2, 0) is 16.8 Å². The highest BCUT2D eigenvalue weighted by molar-refractivity contribution is 6.16. The fourth-order valence-corrected chi connectivity index (χ4v) is 4.57. The first-order chi connectivity index (χ1) is 13.7. The Bertz CT molecular complexity index is 1020. The lowest BCUT2D eigenvalue weighted by Gasteiger charge is -2.30. The Morgan fingerprint density at radius 1 is 1.21 bits per heavy atom. The first kappa shape index (κ1) is 17.3. The molecular weight excluding hydrogens is 355 g/mol. The predicted octanol–water partition coefficient (Wildman–Crippen LogP) is 4.61. The molecule has 2 unspecified atom stereocenters. The Morgan fingerprint density at radius 2 is 2.07 bits per heavy atom. The lowest BCUT2D eigenvalue weighted by atomic mass is 9.76. The normalized spacial score (nSPS) is 27.3. The highest BCUT2D eigenvalue weighted by Gasteiger charge is 2.55. The molecule has 0 aromatic heterocycles. The summed E-state index contributed by atoms with van der Waals surface area (Å²) in [6.07, 6.45) is 5.31. The quantitative estimate of drug-likeness (QED) is 0.473. The molecule has 0 bridgehead atoms. The molecule has 2 atom stereocenters. The zero-order valence-electron chi connectivity index (χ0n) is 15.4. The van der Waals surface area contributed by atoms with Crippen molar-refractivity contribution in [3.05, 3.63) is 82.3 Å². The summed E-state index contributed by atoms with van der Waals surface area (Å²) in [4.78, 5) is 4.71. The summed E-state index contributed by atoms with van der Waals surface area (Å²) in [6, 6.07) is 14.8. The molecule has 0 radical (unpaired) electrons. The van der Waals surface area contributed by atoms with Gasteiger partial charge in [0.25, 0.3) is 0 Å². The van der Waals surface area contributed by atoms with Gasteiger partial charge in [-0.15, -0.1) is 0 Å². The Hall–Kier alpha value is -2.79. The van der Waals surface area contributed by atoms with Crippen LogP contribution in [0, 0.1) is 11.7 Å². The second-order valence-corrected chi connectivity index (χ2v) is 7.72. The van der Waals surface area contributed by atoms with E-state index in [0.29, 0.717) is 18.2 Å². The van der Waals surface area contributed by atoms with Crippen LogP contribution in [-0.4, -0.2) is 23.7 Å². The maximum Gasteiger partial charge on any atom is 0.141 e. The maximum atomic E-state index is 13.5. The third-order valence-electron chi connectivity index (χ3n) is 6.02. The third kappa shape index (κ3) is 2.78. The molecule has 1 aliphatic carbocycles. The van der Waals surface area contributed by atoms with E-state index >= 15 is 0 Å². The smallest absolute Gasteiger partial charge is 0.141 e. The van der Waals surface area contributed by atoms with Gasteiger partial charge in [-0.2, -0.15) is 0 Å². The minimum absolute atomic E-state index is 0.194. The number of benzene rings is 2. The Labute approximate surface area is 163 Å². The molecule has 1 saturated heterocycles. The molecule has 0 amide bonds. The number of rotatable bonds is 2. The van der Waals surface area contributed by atoms with E-state index in [2.05, 4.69) is 5.16 Å². The summed E-state index contributed by atoms with van der Waals surface area (Å²) in [5, 5.41) is 13.3. The van der Waals surface area contributed by atoms with Crippen molar-refractivity contribution in [2.24, 2.45) is 16.1 Å². The van der Waals surface area contributed by atoms with E-state index in [1.165, 1.54) is 6.07 Å². The zero-order chi connectivity index (χ0) is 19.1. The van der Waals surface area contributed by atoms with Crippen molar-refractivity contribution >= 4 is 11.9 Å². The van der Waals surface area contributed by atoms with Gasteiger partial charge in [0.05, 0.1) is 12.3 Å². The van der Waals surface area contributed by atoms with Crippen LogP contribution >= 0.6 is 0 Å². The van der Waals surface area contributed by atoms with Gasteiger partial charge in [-0.05, 0) is 60.4 Å². The van der Waals surface area contributed by atoms with Crippen LogP contribution in [0.1, 0.15) is 36.0 Å². The van der Waals surface area contributed by atoms with Crippen LogP contribution in [0.15, 0.2) is 69.9 Å². The third-order valence-corrected chi connectivity index (χ3v) is 6.02. The SMILES string of the molecule is O/N=C1/C2=C(CCC(Cc3cccc(F)c3)CC=N2)C2(CO2)c2ccccc21. The number of allylic oxidation sites excluding steroid dienone is 1. The van der Waals surface area contributed by atoms with E-state index in [-0.39, 0.29) is 5.82 Å². The number of hydrogen-bond acceptors (Lipinski definition) is 4. The average molecular weight is 376 g/mol. The van der Waals surface area contributed by atoms with Crippen molar-refractivity contribution in [3.63, 3.8) is 0 Å². The molecule has 1 fully saturated rings. The number of hydrogen-bond donors (Lipinski definition) is 1. The van der Waals surface area contributed by atoms with Gasteiger partial charge >= 0.3 is 0 Å². The van der Waals surface area contributed by atoms with E-state index in [4.69, 9.17) is 9.73 Å². The highest BCUT2D eigenvalue weighted by Crippen LogP contribution is 2.53. The van der Waals surface area contributed by atoms with Gasteiger partial charge in [0.15, 0.2) is 0 Å². The topological polar surface area (TPSA) is 57.5 Å². The van der Waals surface area contributed by atoms with E-state index in [9.17, 15) is 9.60 Å². The molecule has 28 heavy (non-hydrogen) atoms. The van der Waals surface area contributed by atoms with E-state index < -0.39 is 5.60 Å². The first-order valence-electron chi connectivity index (χ1n) is 9.68. The van der Waals surface area contributed by atoms with E-state index in [1.807, 2.05) is 36.5 Å². The van der Waals surface area contributed by atoms with Crippen LogP contribution in [0.5, 0.6) is 0 Å². The molecule has 3 aliphatic rings. The number of fused-ring (bicyclic) bond motifs is 3. The van der Waals surface area contributed by atoms with Gasteiger partial charge in [0.2, 0.25) is 0 Å². The molecule has 1 N–H and O–H groups in total. The number of halogens is 1. The van der Waals surface area contributed by atoms with Crippen molar-refractivity contribution in [1.82, 2.24) is 0 Å². The van der Waals surface area contributed by atoms with Crippen molar-refractivity contribution in [2.45, 2.75) is 31.3 Å². The molecule has 2 aromatic rings. The first-order valence-corrected chi connectivity index (χ1v) is 9.68. The van der Waals surface area contributed by atoms with E-state index in [0.717, 1.165) is 53.6 Å². The van der Waals surface area contributed by atoms with Gasteiger partial charge in [-0.25, -0.2) is 4.39 Å². The van der Waals surface area contributed by atoms with Crippen molar-refractivity contribution in [2.75, 3.05) is 6.61 Å². The fourth-order valence-electron chi connectivity index (χ4n) is 4.57. The molecule has 4 nitrogen and oxygen atoms in total. The lowest BCUT2D eigenvalue weighted by Crippen LogP contribution is -2.28. The summed E-state index contributed by atoms with van der Waals surface area (Å²) in [5.41, 5.74) is 4.87. The molecule has 142 valence electrons. The molecule has 2 aromatic carbocycles. The van der Waals surface area contributed by atoms with Gasteiger partial charge in [-0.1, -0.05) is 41.6 Å². The Balaban J connectivity index is 1.47. The van der Waals surface area contributed by atoms with Crippen LogP contribution in [0.2, 0.25) is 0 Å². The highest BCUT2D eigenvalue weighted by atomic mass is 19.1. The number of epoxide rings is 1. The van der Waals surface area contributed by atoms with Gasteiger partial charge < -0.3 is 9.94 Å². The Kier molecular flexibility index (Phi) is 4.13. The van der Waals surface area contributed by atoms with Crippen LogP contribution in [0.4, 0.5) is 4.39 Å². The van der Waals surface area contributed by atoms with Crippen molar-refractivity contribution in [3.8, 4) is 0 Å². The predicted molar refractivity (Wildman–Crippen MR) is 105 cm³/mol. The summed E-state index contributed by atoms with van der Waals surface area (Å²) in [6.45, 7) is 0.631. The number of nitrogens with zero attached hydrogens (tertiary/aromatic N) is 2. The minimum Gasteiger partial charge on any atom is -0.410 e. The summed E-state index contributed by atoms with van der Waals surface area (Å²) < 4.78 is 19.5. The van der Waals surface area contributed by atoms with Crippen LogP contribution < -0.4 is 0 Å². The lowest BCUT2D eigenvalue weighted by molar-refractivity contribution is 0.315. The number of ether oxygens (including phenoxy) is 1. The van der Waals surface area contributed by atoms with Gasteiger partial charge in [-0.3, -0.25) is 4.99 Å². The van der Waals surface area contributed by atoms with Gasteiger partial charge in [0, 0.05) is 11.8 Å². The van der Waals surface area contributed by atoms with Crippen molar-refractivity contribution < 1.29 is 14.3 Å². The van der Waals surface area contributed by atoms with Gasteiger partial charge in [0.1, 0.15) is 17.1 Å². The molecule has 5 heteroatoms. The average Bonchev–Trinajstić information content (AvgIpc) is 3.47. The second-order valence-electron chi connectivity index (χ2n) is 7.72. The molecule has 2 heterocycles. The number of aliphatic imine (C=N–C) groups is 1. The second kappa shape index (κ2) is 6.67. The molecule has 5 rings (SSSR count). The standard InChI is InChI=1S/C23H21FN2O2/c24-17-5-3-4-16(13-17)12-15-8-9-20-22(25-11-10-15)21(26-27)18-6-1-2-7-19(18)23(20)14-28-23/h1-7,11,13,15,27H,8-10,12,14H2/b25-11?,26-21+. The molecule has 1 spiro atoms. The largest absolute Gasteiger partial charge is 0.410 e. The summed E-state index contributed by atoms with van der Waals surface area (Å²) in [5.74, 6) is 0.183. The Morgan fingerprint density at radius 3 is 2.86 bits per heavy atom. The maximum absolute atomic E-state index is 13.5. The molecule has 0 saturated carbocycles.